The molecule has 0 saturated carbocycles. The van der Waals surface area contributed by atoms with Gasteiger partial charge in [0.1, 0.15) is 5.69 Å². The van der Waals surface area contributed by atoms with Gasteiger partial charge in [0.2, 0.25) is 0 Å². The number of allylic oxidation sites excluding steroid dienone is 1. The third-order valence-corrected chi connectivity index (χ3v) is 2.18. The molecular formula is C11H17N3O. The summed E-state index contributed by atoms with van der Waals surface area (Å²) in [5.74, 6) is 0. The van der Waals surface area contributed by atoms with Crippen molar-refractivity contribution in [1.82, 2.24) is 15.0 Å². The Labute approximate surface area is 90.0 Å². The third kappa shape index (κ3) is 3.31. The number of nitrogens with zero attached hydrogens (tertiary/aromatic N) is 3. The number of carbonyl (C=O) groups excluding carboxylic acids is 1. The highest BCUT2D eigenvalue weighted by atomic mass is 16.1. The SMILES string of the molecule is C=CCn1nc(C=O)c(CCCCC)n1. The van der Waals surface area contributed by atoms with E-state index in [1.807, 2.05) is 0 Å². The van der Waals surface area contributed by atoms with E-state index in [2.05, 4.69) is 23.7 Å². The van der Waals surface area contributed by atoms with E-state index in [0.29, 0.717) is 12.2 Å². The van der Waals surface area contributed by atoms with E-state index in [1.165, 1.54) is 4.80 Å². The van der Waals surface area contributed by atoms with Crippen LogP contribution in [0, 0.1) is 0 Å². The topological polar surface area (TPSA) is 47.8 Å². The van der Waals surface area contributed by atoms with Crippen molar-refractivity contribution in [1.29, 1.82) is 0 Å². The summed E-state index contributed by atoms with van der Waals surface area (Å²) in [4.78, 5) is 12.2. The number of aromatic nitrogens is 3. The van der Waals surface area contributed by atoms with Gasteiger partial charge >= 0.3 is 0 Å². The lowest BCUT2D eigenvalue weighted by Gasteiger charge is -1.94. The van der Waals surface area contributed by atoms with Crippen molar-refractivity contribution in [2.24, 2.45) is 0 Å². The van der Waals surface area contributed by atoms with Gasteiger partial charge in [-0.2, -0.15) is 9.90 Å². The van der Waals surface area contributed by atoms with E-state index < -0.39 is 0 Å². The standard InChI is InChI=1S/C11H17N3O/c1-3-5-6-7-10-11(9-15)13-14(12-10)8-4-2/h4,9H,2-3,5-8H2,1H3. The van der Waals surface area contributed by atoms with Crippen molar-refractivity contribution in [2.45, 2.75) is 39.2 Å². The van der Waals surface area contributed by atoms with Gasteiger partial charge in [-0.1, -0.05) is 25.8 Å². The second-order valence-corrected chi connectivity index (χ2v) is 3.45. The van der Waals surface area contributed by atoms with Crippen LogP contribution in [0.1, 0.15) is 42.4 Å². The van der Waals surface area contributed by atoms with E-state index in [-0.39, 0.29) is 0 Å². The second kappa shape index (κ2) is 6.11. The Morgan fingerprint density at radius 1 is 1.40 bits per heavy atom. The van der Waals surface area contributed by atoms with Crippen LogP contribution in [0.4, 0.5) is 0 Å². The Hall–Kier alpha value is -1.45. The van der Waals surface area contributed by atoms with Gasteiger partial charge < -0.3 is 0 Å². The van der Waals surface area contributed by atoms with Crippen LogP contribution in [0.3, 0.4) is 0 Å². The van der Waals surface area contributed by atoms with Gasteiger partial charge in [-0.25, -0.2) is 0 Å². The second-order valence-electron chi connectivity index (χ2n) is 3.45. The summed E-state index contributed by atoms with van der Waals surface area (Å²) in [6.07, 6.45) is 6.70. The van der Waals surface area contributed by atoms with Crippen LogP contribution >= 0.6 is 0 Å². The molecule has 0 aliphatic heterocycles. The van der Waals surface area contributed by atoms with Crippen molar-refractivity contribution < 1.29 is 4.79 Å². The zero-order valence-corrected chi connectivity index (χ0v) is 9.15. The summed E-state index contributed by atoms with van der Waals surface area (Å²) >= 11 is 0. The minimum atomic E-state index is 0.466. The molecule has 0 aliphatic carbocycles. The number of carbonyl (C=O) groups is 1. The molecular weight excluding hydrogens is 190 g/mol. The van der Waals surface area contributed by atoms with Crippen LogP contribution < -0.4 is 0 Å². The van der Waals surface area contributed by atoms with Crippen molar-refractivity contribution in [2.75, 3.05) is 0 Å². The lowest BCUT2D eigenvalue weighted by Crippen LogP contribution is -2.00. The molecule has 4 nitrogen and oxygen atoms in total. The highest BCUT2D eigenvalue weighted by Gasteiger charge is 2.08. The lowest BCUT2D eigenvalue weighted by atomic mass is 10.1. The number of aldehydes is 1. The van der Waals surface area contributed by atoms with Crippen molar-refractivity contribution in [3.05, 3.63) is 24.0 Å². The molecule has 0 saturated heterocycles. The number of hydrogen-bond acceptors (Lipinski definition) is 3. The van der Waals surface area contributed by atoms with Gasteiger partial charge in [-0.3, -0.25) is 4.79 Å². The van der Waals surface area contributed by atoms with Crippen LogP contribution in [0.5, 0.6) is 0 Å². The van der Waals surface area contributed by atoms with Gasteiger partial charge in [-0.05, 0) is 12.8 Å². The van der Waals surface area contributed by atoms with Crippen LogP contribution in [-0.4, -0.2) is 21.3 Å². The maximum absolute atomic E-state index is 10.7. The maximum atomic E-state index is 10.7. The van der Waals surface area contributed by atoms with E-state index in [4.69, 9.17) is 0 Å². The van der Waals surface area contributed by atoms with Crippen LogP contribution in [0.25, 0.3) is 0 Å². The molecule has 1 heterocycles. The van der Waals surface area contributed by atoms with Crippen LogP contribution in [0.15, 0.2) is 12.7 Å². The number of unbranched alkanes of at least 4 members (excludes halogenated alkanes) is 2. The monoisotopic (exact) mass is 207 g/mol. The largest absolute Gasteiger partial charge is 0.296 e. The quantitative estimate of drug-likeness (QED) is 0.390. The highest BCUT2D eigenvalue weighted by Crippen LogP contribution is 2.06. The summed E-state index contributed by atoms with van der Waals surface area (Å²) in [6, 6.07) is 0. The average Bonchev–Trinajstić information content (AvgIpc) is 2.62. The van der Waals surface area contributed by atoms with Gasteiger partial charge in [0, 0.05) is 0 Å². The van der Waals surface area contributed by atoms with E-state index >= 15 is 0 Å². The fourth-order valence-electron chi connectivity index (χ4n) is 1.40. The van der Waals surface area contributed by atoms with Crippen LogP contribution in [0.2, 0.25) is 0 Å². The molecule has 0 unspecified atom stereocenters. The third-order valence-electron chi connectivity index (χ3n) is 2.18. The zero-order chi connectivity index (χ0) is 11.1. The molecule has 1 aromatic heterocycles. The molecule has 4 heteroatoms. The predicted octanol–water partition coefficient (Wildman–Crippen LogP) is 2.01. The molecule has 15 heavy (non-hydrogen) atoms. The average molecular weight is 207 g/mol. The maximum Gasteiger partial charge on any atom is 0.172 e. The smallest absolute Gasteiger partial charge is 0.172 e. The predicted molar refractivity (Wildman–Crippen MR) is 58.8 cm³/mol. The number of rotatable bonds is 7. The Bertz CT molecular complexity index is 331. The lowest BCUT2D eigenvalue weighted by molar-refractivity contribution is 0.111. The minimum Gasteiger partial charge on any atom is -0.296 e. The normalized spacial score (nSPS) is 10.2. The van der Waals surface area contributed by atoms with Gasteiger partial charge in [0.05, 0.1) is 12.2 Å². The minimum absolute atomic E-state index is 0.466. The fraction of sp³-hybridized carbons (Fsp3) is 0.545. The summed E-state index contributed by atoms with van der Waals surface area (Å²) in [5, 5.41) is 8.31. The first-order valence-electron chi connectivity index (χ1n) is 5.31. The molecule has 0 fully saturated rings. The molecule has 0 N–H and O–H groups in total. The zero-order valence-electron chi connectivity index (χ0n) is 9.15. The van der Waals surface area contributed by atoms with Gasteiger partial charge in [0.15, 0.2) is 6.29 Å². The molecule has 0 spiro atoms. The Balaban J connectivity index is 2.67. The Kier molecular flexibility index (Phi) is 4.74. The molecule has 0 aliphatic rings. The molecule has 1 aromatic rings. The Morgan fingerprint density at radius 3 is 2.80 bits per heavy atom. The molecule has 0 aromatic carbocycles. The van der Waals surface area contributed by atoms with E-state index in [0.717, 1.165) is 37.7 Å². The molecule has 0 amide bonds. The number of aryl methyl sites for hydroxylation is 1. The number of hydrogen-bond donors (Lipinski definition) is 0. The van der Waals surface area contributed by atoms with E-state index in [1.54, 1.807) is 6.08 Å². The first kappa shape index (κ1) is 11.6. The summed E-state index contributed by atoms with van der Waals surface area (Å²) in [6.45, 7) is 6.31. The molecule has 82 valence electrons. The molecule has 0 radical (unpaired) electrons. The fourth-order valence-corrected chi connectivity index (χ4v) is 1.40. The molecule has 1 rings (SSSR count). The van der Waals surface area contributed by atoms with Crippen molar-refractivity contribution in [3.63, 3.8) is 0 Å². The van der Waals surface area contributed by atoms with Crippen LogP contribution in [-0.2, 0) is 13.0 Å². The van der Waals surface area contributed by atoms with Crippen molar-refractivity contribution >= 4 is 6.29 Å². The summed E-state index contributed by atoms with van der Waals surface area (Å²) < 4.78 is 0. The Morgan fingerprint density at radius 2 is 2.20 bits per heavy atom. The first-order valence-corrected chi connectivity index (χ1v) is 5.31. The van der Waals surface area contributed by atoms with Gasteiger partial charge in [-0.15, -0.1) is 11.7 Å². The van der Waals surface area contributed by atoms with E-state index in [9.17, 15) is 4.79 Å². The van der Waals surface area contributed by atoms with Crippen molar-refractivity contribution in [3.8, 4) is 0 Å². The molecule has 0 bridgehead atoms. The summed E-state index contributed by atoms with van der Waals surface area (Å²) in [7, 11) is 0. The highest BCUT2D eigenvalue weighted by molar-refractivity contribution is 5.73. The summed E-state index contributed by atoms with van der Waals surface area (Å²) in [5.41, 5.74) is 1.27. The first-order chi connectivity index (χ1) is 7.31. The van der Waals surface area contributed by atoms with Gasteiger partial charge in [0.25, 0.3) is 0 Å². The molecule has 0 atom stereocenters.